The molecular weight excluding hydrogens is 326 g/mol. The van der Waals surface area contributed by atoms with Crippen LogP contribution in [-0.4, -0.2) is 44.4 Å². The maximum atomic E-state index is 12.1. The molecule has 0 bridgehead atoms. The molecule has 134 valence electrons. The third-order valence-corrected chi connectivity index (χ3v) is 4.89. The van der Waals surface area contributed by atoms with E-state index in [0.717, 1.165) is 24.0 Å². The molecule has 2 rings (SSSR count). The number of nitrogens with zero attached hydrogens (tertiary/aromatic N) is 1. The number of rotatable bonds is 3. The van der Waals surface area contributed by atoms with E-state index in [2.05, 4.69) is 0 Å². The number of hydrogen-bond acceptors (Lipinski definition) is 4. The largest absolute Gasteiger partial charge is 0.444 e. The molecule has 1 amide bonds. The van der Waals surface area contributed by atoms with E-state index < -0.39 is 15.4 Å². The van der Waals surface area contributed by atoms with Gasteiger partial charge in [0.2, 0.25) is 0 Å². The summed E-state index contributed by atoms with van der Waals surface area (Å²) in [5.41, 5.74) is 1.47. The predicted octanol–water partition coefficient (Wildman–Crippen LogP) is 3.35. The van der Waals surface area contributed by atoms with Gasteiger partial charge in [-0.15, -0.1) is 0 Å². The Morgan fingerprint density at radius 1 is 1.21 bits per heavy atom. The van der Waals surface area contributed by atoms with E-state index in [9.17, 15) is 13.2 Å². The number of carbonyl (C=O) groups excluding carboxylic acids is 1. The van der Waals surface area contributed by atoms with Crippen molar-refractivity contribution in [2.24, 2.45) is 0 Å². The lowest BCUT2D eigenvalue weighted by molar-refractivity contribution is 0.0205. The Hall–Kier alpha value is -1.56. The Balaban J connectivity index is 2.04. The van der Waals surface area contributed by atoms with Crippen LogP contribution >= 0.6 is 0 Å². The molecule has 1 aromatic carbocycles. The van der Waals surface area contributed by atoms with Crippen LogP contribution < -0.4 is 0 Å². The molecule has 1 aliphatic rings. The van der Waals surface area contributed by atoms with Crippen LogP contribution in [0.25, 0.3) is 0 Å². The summed E-state index contributed by atoms with van der Waals surface area (Å²) < 4.78 is 28.7. The van der Waals surface area contributed by atoms with Crippen molar-refractivity contribution < 1.29 is 17.9 Å². The molecule has 1 heterocycles. The second kappa shape index (κ2) is 7.13. The third-order valence-electron chi connectivity index (χ3n) is 4.06. The van der Waals surface area contributed by atoms with Crippen molar-refractivity contribution in [3.63, 3.8) is 0 Å². The number of carbonyl (C=O) groups is 1. The fraction of sp³-hybridized carbons (Fsp3) is 0.611. The minimum Gasteiger partial charge on any atom is -0.444 e. The van der Waals surface area contributed by atoms with Gasteiger partial charge in [-0.3, -0.25) is 0 Å². The van der Waals surface area contributed by atoms with Crippen molar-refractivity contribution in [3.05, 3.63) is 35.4 Å². The molecule has 6 heteroatoms. The zero-order valence-corrected chi connectivity index (χ0v) is 15.7. The van der Waals surface area contributed by atoms with E-state index in [4.69, 9.17) is 4.74 Å². The summed E-state index contributed by atoms with van der Waals surface area (Å²) in [6.07, 6.45) is 2.62. The Morgan fingerprint density at radius 3 is 2.33 bits per heavy atom. The average molecular weight is 353 g/mol. The first-order valence-electron chi connectivity index (χ1n) is 8.28. The van der Waals surface area contributed by atoms with Crippen LogP contribution in [0.2, 0.25) is 0 Å². The van der Waals surface area contributed by atoms with Gasteiger partial charge in [0, 0.05) is 19.3 Å². The number of benzene rings is 1. The quantitative estimate of drug-likeness (QED) is 0.836. The summed E-state index contributed by atoms with van der Waals surface area (Å²) >= 11 is 0. The van der Waals surface area contributed by atoms with Crippen molar-refractivity contribution in [1.82, 2.24) is 4.90 Å². The summed E-state index contributed by atoms with van der Waals surface area (Å²) in [5, 5.41) is 0. The van der Waals surface area contributed by atoms with Gasteiger partial charge in [-0.2, -0.15) is 0 Å². The molecule has 0 N–H and O–H groups in total. The first kappa shape index (κ1) is 18.8. The van der Waals surface area contributed by atoms with Crippen LogP contribution in [0.4, 0.5) is 4.79 Å². The van der Waals surface area contributed by atoms with Crippen molar-refractivity contribution in [3.8, 4) is 0 Å². The smallest absolute Gasteiger partial charge is 0.410 e. The summed E-state index contributed by atoms with van der Waals surface area (Å²) in [5.74, 6) is 0.344. The minimum atomic E-state index is -3.07. The van der Waals surface area contributed by atoms with E-state index in [1.54, 1.807) is 4.90 Å². The predicted molar refractivity (Wildman–Crippen MR) is 94.8 cm³/mol. The molecule has 1 fully saturated rings. The third kappa shape index (κ3) is 5.51. The highest BCUT2D eigenvalue weighted by molar-refractivity contribution is 7.89. The average Bonchev–Trinajstić information content (AvgIpc) is 2.44. The van der Waals surface area contributed by atoms with Gasteiger partial charge in [0.1, 0.15) is 5.60 Å². The molecule has 0 saturated carbocycles. The minimum absolute atomic E-state index is 0.0649. The fourth-order valence-corrected chi connectivity index (χ4v) is 3.87. The molecule has 0 radical (unpaired) electrons. The Morgan fingerprint density at radius 2 is 1.79 bits per heavy atom. The number of amides is 1. The van der Waals surface area contributed by atoms with E-state index in [1.165, 1.54) is 6.26 Å². The topological polar surface area (TPSA) is 63.7 Å². The zero-order chi connectivity index (χ0) is 18.0. The monoisotopic (exact) mass is 353 g/mol. The van der Waals surface area contributed by atoms with Gasteiger partial charge in [-0.1, -0.05) is 24.3 Å². The molecule has 1 saturated heterocycles. The lowest BCUT2D eigenvalue weighted by Gasteiger charge is -2.34. The van der Waals surface area contributed by atoms with Gasteiger partial charge < -0.3 is 9.64 Å². The highest BCUT2D eigenvalue weighted by atomic mass is 32.2. The zero-order valence-electron chi connectivity index (χ0n) is 14.9. The maximum absolute atomic E-state index is 12.1. The highest BCUT2D eigenvalue weighted by Crippen LogP contribution is 2.31. The Labute approximate surface area is 144 Å². The van der Waals surface area contributed by atoms with Gasteiger partial charge >= 0.3 is 6.09 Å². The van der Waals surface area contributed by atoms with E-state index in [1.807, 2.05) is 45.0 Å². The van der Waals surface area contributed by atoms with Gasteiger partial charge in [0.15, 0.2) is 9.84 Å². The van der Waals surface area contributed by atoms with Crippen molar-refractivity contribution in [1.29, 1.82) is 0 Å². The Kier molecular flexibility index (Phi) is 5.58. The van der Waals surface area contributed by atoms with Crippen LogP contribution in [0, 0.1) is 0 Å². The second-order valence-corrected chi connectivity index (χ2v) is 9.65. The van der Waals surface area contributed by atoms with Gasteiger partial charge in [0.25, 0.3) is 0 Å². The second-order valence-electron chi connectivity index (χ2n) is 7.51. The van der Waals surface area contributed by atoms with Gasteiger partial charge in [-0.05, 0) is 50.7 Å². The number of piperidine rings is 1. The summed E-state index contributed by atoms with van der Waals surface area (Å²) in [7, 11) is -3.07. The molecule has 5 nitrogen and oxygen atoms in total. The lowest BCUT2D eigenvalue weighted by atomic mass is 9.87. The molecule has 0 unspecified atom stereocenters. The summed E-state index contributed by atoms with van der Waals surface area (Å²) in [6, 6.07) is 7.71. The van der Waals surface area contributed by atoms with Crippen LogP contribution in [0.3, 0.4) is 0 Å². The molecule has 0 atom stereocenters. The SMILES string of the molecule is CC(C)(C)OC(=O)N1CCC(c2ccccc2CS(C)(=O)=O)CC1. The summed E-state index contributed by atoms with van der Waals surface area (Å²) in [4.78, 5) is 13.9. The van der Waals surface area contributed by atoms with Crippen LogP contribution in [-0.2, 0) is 20.3 Å². The number of likely N-dealkylation sites (tertiary alicyclic amines) is 1. The fourth-order valence-electron chi connectivity index (χ4n) is 3.05. The van der Waals surface area contributed by atoms with Crippen molar-refractivity contribution >= 4 is 15.9 Å². The van der Waals surface area contributed by atoms with E-state index in [0.29, 0.717) is 13.1 Å². The standard InChI is InChI=1S/C18H27NO4S/c1-18(2,3)23-17(20)19-11-9-14(10-12-19)16-8-6-5-7-15(16)13-24(4,21)22/h5-8,14H,9-13H2,1-4H3. The molecule has 0 aliphatic carbocycles. The van der Waals surface area contributed by atoms with Crippen molar-refractivity contribution in [2.75, 3.05) is 19.3 Å². The van der Waals surface area contributed by atoms with E-state index >= 15 is 0 Å². The van der Waals surface area contributed by atoms with Crippen molar-refractivity contribution in [2.45, 2.75) is 50.9 Å². The molecule has 24 heavy (non-hydrogen) atoms. The van der Waals surface area contributed by atoms with Gasteiger partial charge in [0.05, 0.1) is 5.75 Å². The van der Waals surface area contributed by atoms with Gasteiger partial charge in [-0.25, -0.2) is 13.2 Å². The lowest BCUT2D eigenvalue weighted by Crippen LogP contribution is -2.41. The molecule has 1 aliphatic heterocycles. The molecule has 1 aromatic rings. The molecule has 0 spiro atoms. The Bertz CT molecular complexity index is 683. The van der Waals surface area contributed by atoms with Crippen LogP contribution in [0.1, 0.15) is 50.7 Å². The normalized spacial score (nSPS) is 16.9. The first-order chi connectivity index (χ1) is 11.1. The number of hydrogen-bond donors (Lipinski definition) is 0. The number of sulfone groups is 1. The highest BCUT2D eigenvalue weighted by Gasteiger charge is 2.28. The first-order valence-corrected chi connectivity index (χ1v) is 10.3. The van der Waals surface area contributed by atoms with Crippen LogP contribution in [0.5, 0.6) is 0 Å². The van der Waals surface area contributed by atoms with Crippen LogP contribution in [0.15, 0.2) is 24.3 Å². The molecule has 0 aromatic heterocycles. The van der Waals surface area contributed by atoms with E-state index in [-0.39, 0.29) is 17.8 Å². The summed E-state index contributed by atoms with van der Waals surface area (Å²) in [6.45, 7) is 6.84. The molecular formula is C18H27NO4S. The number of ether oxygens (including phenoxy) is 1. The maximum Gasteiger partial charge on any atom is 0.410 e.